The molecule has 10 heteroatoms. The van der Waals surface area contributed by atoms with Gasteiger partial charge in [-0.2, -0.15) is 0 Å². The lowest BCUT2D eigenvalue weighted by molar-refractivity contribution is -0.385. The van der Waals surface area contributed by atoms with Crippen molar-refractivity contribution < 1.29 is 19.2 Å². The molecular weight excluding hydrogens is 432 g/mol. The zero-order valence-corrected chi connectivity index (χ0v) is 18.3. The van der Waals surface area contributed by atoms with Crippen LogP contribution in [0.4, 0.5) is 16.5 Å². The zero-order valence-electron chi connectivity index (χ0n) is 17.4. The number of hydrogen-bond donors (Lipinski definition) is 1. The van der Waals surface area contributed by atoms with Gasteiger partial charge in [-0.25, -0.2) is 4.98 Å². The summed E-state index contributed by atoms with van der Waals surface area (Å²) in [5, 5.41) is 17.0. The van der Waals surface area contributed by atoms with Gasteiger partial charge >= 0.3 is 5.69 Å². The number of nitrogens with zero attached hydrogens (tertiary/aromatic N) is 3. The summed E-state index contributed by atoms with van der Waals surface area (Å²) in [6.07, 6.45) is 0. The molecule has 9 nitrogen and oxygen atoms in total. The van der Waals surface area contributed by atoms with E-state index in [0.717, 1.165) is 29.5 Å². The number of benzene rings is 2. The van der Waals surface area contributed by atoms with Crippen LogP contribution in [0.2, 0.25) is 0 Å². The summed E-state index contributed by atoms with van der Waals surface area (Å²) in [6.45, 7) is 5.12. The van der Waals surface area contributed by atoms with Gasteiger partial charge in [0.25, 0.3) is 5.91 Å². The number of ether oxygens (including phenoxy) is 2. The molecule has 0 saturated carbocycles. The molecule has 2 heterocycles. The first-order valence-corrected chi connectivity index (χ1v) is 11.0. The highest BCUT2D eigenvalue weighted by molar-refractivity contribution is 7.14. The van der Waals surface area contributed by atoms with Crippen molar-refractivity contribution in [1.29, 1.82) is 0 Å². The lowest BCUT2D eigenvalue weighted by atomic mass is 10.1. The average Bonchev–Trinajstić information content (AvgIpc) is 3.31. The maximum Gasteiger partial charge on any atom is 0.311 e. The Bertz CT molecular complexity index is 1110. The zero-order chi connectivity index (χ0) is 22.5. The molecule has 1 saturated heterocycles. The highest BCUT2D eigenvalue weighted by Crippen LogP contribution is 2.30. The van der Waals surface area contributed by atoms with Crippen LogP contribution in [-0.2, 0) is 4.74 Å². The van der Waals surface area contributed by atoms with Gasteiger partial charge in [-0.1, -0.05) is 12.1 Å². The smallest absolute Gasteiger partial charge is 0.311 e. The number of rotatable bonds is 7. The Morgan fingerprint density at radius 3 is 2.69 bits per heavy atom. The molecule has 1 fully saturated rings. The number of nitro groups is 1. The molecular formula is C22H22N4O5S. The van der Waals surface area contributed by atoms with Gasteiger partial charge in [-0.05, 0) is 31.2 Å². The number of nitro benzene ring substituents is 1. The predicted octanol–water partition coefficient (Wildman–Crippen LogP) is 4.21. The van der Waals surface area contributed by atoms with Crippen molar-refractivity contribution in [2.24, 2.45) is 0 Å². The van der Waals surface area contributed by atoms with Crippen molar-refractivity contribution >= 4 is 33.8 Å². The number of carbonyl (C=O) groups excluding carboxylic acids is 1. The van der Waals surface area contributed by atoms with E-state index < -0.39 is 10.8 Å². The van der Waals surface area contributed by atoms with Crippen LogP contribution in [0.5, 0.6) is 5.75 Å². The number of carbonyl (C=O) groups is 1. The van der Waals surface area contributed by atoms with E-state index in [9.17, 15) is 14.9 Å². The number of aromatic nitrogens is 1. The molecule has 166 valence electrons. The van der Waals surface area contributed by atoms with E-state index in [-0.39, 0.29) is 17.0 Å². The Labute approximate surface area is 188 Å². The molecule has 0 aliphatic carbocycles. The van der Waals surface area contributed by atoms with Gasteiger partial charge in [-0.15, -0.1) is 11.3 Å². The van der Waals surface area contributed by atoms with Crippen molar-refractivity contribution in [2.75, 3.05) is 43.1 Å². The molecule has 1 aromatic heterocycles. The molecule has 0 unspecified atom stereocenters. The highest BCUT2D eigenvalue weighted by Gasteiger charge is 2.19. The highest BCUT2D eigenvalue weighted by atomic mass is 32.1. The normalized spacial score (nSPS) is 13.6. The number of morpholine rings is 1. The second kappa shape index (κ2) is 9.75. The fourth-order valence-corrected chi connectivity index (χ4v) is 4.19. The number of anilines is 2. The van der Waals surface area contributed by atoms with E-state index in [1.54, 1.807) is 30.4 Å². The van der Waals surface area contributed by atoms with E-state index in [1.807, 2.05) is 17.5 Å². The van der Waals surface area contributed by atoms with E-state index in [1.165, 1.54) is 18.2 Å². The van der Waals surface area contributed by atoms with Gasteiger partial charge in [0.1, 0.15) is 0 Å². The molecule has 0 bridgehead atoms. The molecule has 1 amide bonds. The Morgan fingerprint density at radius 2 is 2.00 bits per heavy atom. The van der Waals surface area contributed by atoms with Gasteiger partial charge in [0.2, 0.25) is 0 Å². The molecule has 1 aliphatic rings. The first kappa shape index (κ1) is 21.7. The molecule has 32 heavy (non-hydrogen) atoms. The van der Waals surface area contributed by atoms with E-state index >= 15 is 0 Å². The molecule has 1 N–H and O–H groups in total. The van der Waals surface area contributed by atoms with Crippen molar-refractivity contribution in [3.8, 4) is 17.0 Å². The van der Waals surface area contributed by atoms with Crippen molar-refractivity contribution in [3.05, 3.63) is 63.5 Å². The molecule has 4 rings (SSSR count). The molecule has 0 radical (unpaired) electrons. The molecule has 0 atom stereocenters. The van der Waals surface area contributed by atoms with Crippen molar-refractivity contribution in [2.45, 2.75) is 6.92 Å². The van der Waals surface area contributed by atoms with Gasteiger partial charge in [0.05, 0.1) is 30.4 Å². The summed E-state index contributed by atoms with van der Waals surface area (Å²) >= 11 is 1.60. The van der Waals surface area contributed by atoms with Crippen LogP contribution >= 0.6 is 11.3 Å². The molecule has 1 aliphatic heterocycles. The Hall–Kier alpha value is -3.50. The summed E-state index contributed by atoms with van der Waals surface area (Å²) in [5.74, 6) is -0.301. The largest absolute Gasteiger partial charge is 0.487 e. The summed E-state index contributed by atoms with van der Waals surface area (Å²) in [4.78, 5) is 30.2. The van der Waals surface area contributed by atoms with Crippen LogP contribution < -0.4 is 15.0 Å². The Morgan fingerprint density at radius 1 is 1.25 bits per heavy atom. The molecule has 0 spiro atoms. The lowest BCUT2D eigenvalue weighted by Gasteiger charge is -2.26. The van der Waals surface area contributed by atoms with Gasteiger partial charge in [-0.3, -0.25) is 14.9 Å². The van der Waals surface area contributed by atoms with Gasteiger partial charge < -0.3 is 19.7 Å². The number of amides is 1. The first-order valence-electron chi connectivity index (χ1n) is 10.2. The molecule has 2 aromatic carbocycles. The summed E-state index contributed by atoms with van der Waals surface area (Å²) in [7, 11) is 0. The Kier molecular flexibility index (Phi) is 6.62. The van der Waals surface area contributed by atoms with Gasteiger partial charge in [0.15, 0.2) is 10.9 Å². The lowest BCUT2D eigenvalue weighted by Crippen LogP contribution is -2.36. The van der Waals surface area contributed by atoms with E-state index in [0.29, 0.717) is 25.5 Å². The summed E-state index contributed by atoms with van der Waals surface area (Å²) in [6, 6.07) is 11.5. The third-order valence-corrected chi connectivity index (χ3v) is 5.83. The second-order valence-electron chi connectivity index (χ2n) is 7.02. The predicted molar refractivity (Wildman–Crippen MR) is 123 cm³/mol. The van der Waals surface area contributed by atoms with Crippen LogP contribution in [0.1, 0.15) is 17.3 Å². The van der Waals surface area contributed by atoms with Crippen molar-refractivity contribution in [1.82, 2.24) is 4.98 Å². The fraction of sp³-hybridized carbons (Fsp3) is 0.273. The monoisotopic (exact) mass is 454 g/mol. The van der Waals surface area contributed by atoms with Gasteiger partial charge in [0, 0.05) is 41.4 Å². The van der Waals surface area contributed by atoms with Crippen molar-refractivity contribution in [3.63, 3.8) is 0 Å². The summed E-state index contributed by atoms with van der Waals surface area (Å²) < 4.78 is 10.6. The minimum Gasteiger partial charge on any atom is -0.487 e. The molecule has 3 aromatic rings. The van der Waals surface area contributed by atoms with Crippen LogP contribution in [0.3, 0.4) is 0 Å². The number of thiazole rings is 1. The topological polar surface area (TPSA) is 107 Å². The van der Waals surface area contributed by atoms with E-state index in [4.69, 9.17) is 14.5 Å². The standard InChI is InChI=1S/C22H22N4O5S/c1-2-31-20-8-5-16(13-19(20)26(28)29)21(27)23-17-6-3-15(4-7-17)18-14-32-22(24-18)25-9-11-30-12-10-25/h3-8,13-14H,2,9-12H2,1H3,(H,23,27). The third-order valence-electron chi connectivity index (χ3n) is 4.93. The average molecular weight is 455 g/mol. The van der Waals surface area contributed by atoms with Crippen LogP contribution in [0, 0.1) is 10.1 Å². The second-order valence-corrected chi connectivity index (χ2v) is 7.86. The van der Waals surface area contributed by atoms with Crippen LogP contribution in [-0.4, -0.2) is 48.7 Å². The Balaban J connectivity index is 1.45. The SMILES string of the molecule is CCOc1ccc(C(=O)Nc2ccc(-c3csc(N4CCOCC4)n3)cc2)cc1[N+](=O)[O-]. The van der Waals surface area contributed by atoms with E-state index in [2.05, 4.69) is 10.2 Å². The number of nitrogens with one attached hydrogen (secondary N) is 1. The van der Waals surface area contributed by atoms with Crippen LogP contribution in [0.15, 0.2) is 47.8 Å². The quantitative estimate of drug-likeness (QED) is 0.421. The van der Waals surface area contributed by atoms with Crippen LogP contribution in [0.25, 0.3) is 11.3 Å². The number of hydrogen-bond acceptors (Lipinski definition) is 8. The summed E-state index contributed by atoms with van der Waals surface area (Å²) in [5.41, 5.74) is 2.33. The fourth-order valence-electron chi connectivity index (χ4n) is 3.30. The maximum absolute atomic E-state index is 12.6. The maximum atomic E-state index is 12.6. The first-order chi connectivity index (χ1) is 15.5. The minimum absolute atomic E-state index is 0.137. The third kappa shape index (κ3) is 4.87. The minimum atomic E-state index is -0.560.